The van der Waals surface area contributed by atoms with E-state index < -0.39 is 6.04 Å². The normalized spacial score (nSPS) is 11.4. The highest BCUT2D eigenvalue weighted by atomic mass is 35.5. The first kappa shape index (κ1) is 20.6. The molecule has 1 amide bonds. The van der Waals surface area contributed by atoms with Crippen LogP contribution in [0.25, 0.3) is 0 Å². The number of carbonyl (C=O) groups excluding carboxylic acids is 1. The van der Waals surface area contributed by atoms with Gasteiger partial charge in [0.25, 0.3) is 0 Å². The molecular formula is C23H23ClN2O3. The summed E-state index contributed by atoms with van der Waals surface area (Å²) in [6.45, 7) is 2.29. The average molecular weight is 411 g/mol. The third kappa shape index (κ3) is 5.90. The summed E-state index contributed by atoms with van der Waals surface area (Å²) in [5.41, 5.74) is 2.46. The summed E-state index contributed by atoms with van der Waals surface area (Å²) in [5.74, 6) is 1.12. The first-order valence-corrected chi connectivity index (χ1v) is 9.60. The van der Waals surface area contributed by atoms with Crippen molar-refractivity contribution in [3.63, 3.8) is 0 Å². The van der Waals surface area contributed by atoms with E-state index in [4.69, 9.17) is 21.1 Å². The lowest BCUT2D eigenvalue weighted by Gasteiger charge is -2.17. The molecule has 0 bridgehead atoms. The van der Waals surface area contributed by atoms with E-state index in [9.17, 15) is 4.79 Å². The zero-order valence-corrected chi connectivity index (χ0v) is 17.1. The average Bonchev–Trinajstić information content (AvgIpc) is 2.74. The molecule has 1 unspecified atom stereocenters. The Morgan fingerprint density at radius 2 is 1.76 bits per heavy atom. The Bertz CT molecular complexity index is 946. The smallest absolute Gasteiger partial charge is 0.246 e. The summed E-state index contributed by atoms with van der Waals surface area (Å²) in [6.07, 6.45) is 0. The van der Waals surface area contributed by atoms with E-state index in [2.05, 4.69) is 10.6 Å². The van der Waals surface area contributed by atoms with Gasteiger partial charge in [0.2, 0.25) is 5.91 Å². The Morgan fingerprint density at radius 1 is 1.03 bits per heavy atom. The number of hydrogen-bond donors (Lipinski definition) is 2. The fourth-order valence-corrected chi connectivity index (χ4v) is 2.89. The number of ether oxygens (including phenoxy) is 2. The summed E-state index contributed by atoms with van der Waals surface area (Å²) >= 11 is 6.01. The number of halogens is 1. The van der Waals surface area contributed by atoms with Crippen LogP contribution in [0.15, 0.2) is 72.8 Å². The van der Waals surface area contributed by atoms with Crippen LogP contribution in [-0.2, 0) is 11.4 Å². The first-order chi connectivity index (χ1) is 14.0. The SMILES string of the molecule is COc1ccc(Cl)cc1NC(=O)C(C)Nc1ccc(OCc2ccccc2)cc1. The second-order valence-electron chi connectivity index (χ2n) is 6.50. The van der Waals surface area contributed by atoms with Crippen LogP contribution in [0.4, 0.5) is 11.4 Å². The molecule has 0 spiro atoms. The minimum absolute atomic E-state index is 0.199. The zero-order valence-electron chi connectivity index (χ0n) is 16.3. The van der Waals surface area contributed by atoms with Gasteiger partial charge in [0.15, 0.2) is 0 Å². The van der Waals surface area contributed by atoms with Crippen molar-refractivity contribution in [1.29, 1.82) is 0 Å². The number of carbonyl (C=O) groups is 1. The maximum absolute atomic E-state index is 12.5. The van der Waals surface area contributed by atoms with Gasteiger partial charge in [-0.15, -0.1) is 0 Å². The van der Waals surface area contributed by atoms with Crippen LogP contribution in [0.5, 0.6) is 11.5 Å². The van der Waals surface area contributed by atoms with Crippen LogP contribution in [-0.4, -0.2) is 19.1 Å². The largest absolute Gasteiger partial charge is 0.495 e. The third-order valence-electron chi connectivity index (χ3n) is 4.30. The number of nitrogens with one attached hydrogen (secondary N) is 2. The van der Waals surface area contributed by atoms with Crippen molar-refractivity contribution in [3.8, 4) is 11.5 Å². The van der Waals surface area contributed by atoms with E-state index in [1.54, 1.807) is 32.2 Å². The monoisotopic (exact) mass is 410 g/mol. The molecule has 6 heteroatoms. The van der Waals surface area contributed by atoms with E-state index >= 15 is 0 Å². The van der Waals surface area contributed by atoms with E-state index in [0.717, 1.165) is 17.0 Å². The van der Waals surface area contributed by atoms with Gasteiger partial charge in [-0.2, -0.15) is 0 Å². The Morgan fingerprint density at radius 3 is 2.45 bits per heavy atom. The molecule has 2 N–H and O–H groups in total. The molecule has 0 aliphatic heterocycles. The van der Waals surface area contributed by atoms with Crippen LogP contribution in [0, 0.1) is 0 Å². The lowest BCUT2D eigenvalue weighted by Crippen LogP contribution is -2.32. The summed E-state index contributed by atoms with van der Waals surface area (Å²) in [7, 11) is 1.54. The first-order valence-electron chi connectivity index (χ1n) is 9.23. The van der Waals surface area contributed by atoms with Gasteiger partial charge < -0.3 is 20.1 Å². The van der Waals surface area contributed by atoms with Gasteiger partial charge in [0.05, 0.1) is 12.8 Å². The highest BCUT2D eigenvalue weighted by Crippen LogP contribution is 2.28. The lowest BCUT2D eigenvalue weighted by molar-refractivity contribution is -0.116. The van der Waals surface area contributed by atoms with Crippen molar-refractivity contribution in [1.82, 2.24) is 0 Å². The quantitative estimate of drug-likeness (QED) is 0.524. The topological polar surface area (TPSA) is 59.6 Å². The molecule has 150 valence electrons. The second-order valence-corrected chi connectivity index (χ2v) is 6.93. The molecule has 3 rings (SSSR count). The van der Waals surface area contributed by atoms with Crippen molar-refractivity contribution in [3.05, 3.63) is 83.4 Å². The number of anilines is 2. The molecule has 3 aromatic rings. The standard InChI is InChI=1S/C23H23ClN2O3/c1-16(23(27)26-21-14-18(24)8-13-22(21)28-2)25-19-9-11-20(12-10-19)29-15-17-6-4-3-5-7-17/h3-14,16,25H,15H2,1-2H3,(H,26,27). The molecule has 0 heterocycles. The highest BCUT2D eigenvalue weighted by Gasteiger charge is 2.15. The summed E-state index contributed by atoms with van der Waals surface area (Å²) in [6, 6.07) is 22.1. The third-order valence-corrected chi connectivity index (χ3v) is 4.53. The van der Waals surface area contributed by atoms with Crippen molar-refractivity contribution in [2.24, 2.45) is 0 Å². The molecule has 0 aromatic heterocycles. The van der Waals surface area contributed by atoms with Gasteiger partial charge in [0, 0.05) is 10.7 Å². The predicted molar refractivity (Wildman–Crippen MR) is 117 cm³/mol. The molecule has 0 fully saturated rings. The molecule has 5 nitrogen and oxygen atoms in total. The lowest BCUT2D eigenvalue weighted by atomic mass is 10.2. The Hall–Kier alpha value is -3.18. The van der Waals surface area contributed by atoms with Gasteiger partial charge in [-0.25, -0.2) is 0 Å². The molecule has 0 saturated carbocycles. The number of amides is 1. The maximum atomic E-state index is 12.5. The van der Waals surface area contributed by atoms with Crippen LogP contribution >= 0.6 is 11.6 Å². The van der Waals surface area contributed by atoms with Crippen molar-refractivity contribution in [2.45, 2.75) is 19.6 Å². The van der Waals surface area contributed by atoms with Crippen molar-refractivity contribution >= 4 is 28.9 Å². The number of methoxy groups -OCH3 is 1. The summed E-state index contributed by atoms with van der Waals surface area (Å²) in [5, 5.41) is 6.53. The van der Waals surface area contributed by atoms with E-state index in [1.807, 2.05) is 54.6 Å². The van der Waals surface area contributed by atoms with Crippen LogP contribution in [0.1, 0.15) is 12.5 Å². The maximum Gasteiger partial charge on any atom is 0.246 e. The molecule has 0 aliphatic carbocycles. The Kier molecular flexibility index (Phi) is 6.98. The Balaban J connectivity index is 1.55. The van der Waals surface area contributed by atoms with E-state index in [0.29, 0.717) is 23.1 Å². The fourth-order valence-electron chi connectivity index (χ4n) is 2.72. The molecule has 0 aliphatic rings. The van der Waals surface area contributed by atoms with Crippen LogP contribution in [0.3, 0.4) is 0 Å². The summed E-state index contributed by atoms with van der Waals surface area (Å²) in [4.78, 5) is 12.5. The van der Waals surface area contributed by atoms with Crippen LogP contribution in [0.2, 0.25) is 5.02 Å². The van der Waals surface area contributed by atoms with Gasteiger partial charge in [0.1, 0.15) is 24.1 Å². The van der Waals surface area contributed by atoms with E-state index in [1.165, 1.54) is 0 Å². The zero-order chi connectivity index (χ0) is 20.6. The Labute approximate surface area is 175 Å². The predicted octanol–water partition coefficient (Wildman–Crippen LogP) is 5.37. The number of benzene rings is 3. The molecule has 0 saturated heterocycles. The molecule has 0 radical (unpaired) electrons. The second kappa shape index (κ2) is 9.85. The minimum Gasteiger partial charge on any atom is -0.495 e. The minimum atomic E-state index is -0.463. The number of hydrogen-bond acceptors (Lipinski definition) is 4. The van der Waals surface area contributed by atoms with Gasteiger partial charge in [-0.3, -0.25) is 4.79 Å². The van der Waals surface area contributed by atoms with E-state index in [-0.39, 0.29) is 5.91 Å². The molecule has 3 aromatic carbocycles. The van der Waals surface area contributed by atoms with Crippen molar-refractivity contribution in [2.75, 3.05) is 17.7 Å². The molecule has 1 atom stereocenters. The fraction of sp³-hybridized carbons (Fsp3) is 0.174. The van der Waals surface area contributed by atoms with Gasteiger partial charge in [-0.1, -0.05) is 41.9 Å². The van der Waals surface area contributed by atoms with Crippen molar-refractivity contribution < 1.29 is 14.3 Å². The molecular weight excluding hydrogens is 388 g/mol. The summed E-state index contributed by atoms with van der Waals surface area (Å²) < 4.78 is 11.0. The molecule has 29 heavy (non-hydrogen) atoms. The van der Waals surface area contributed by atoms with Gasteiger partial charge in [-0.05, 0) is 55.0 Å². The number of rotatable bonds is 8. The van der Waals surface area contributed by atoms with Crippen LogP contribution < -0.4 is 20.1 Å². The highest BCUT2D eigenvalue weighted by molar-refractivity contribution is 6.31. The van der Waals surface area contributed by atoms with Gasteiger partial charge >= 0.3 is 0 Å².